The molecule has 0 aromatic rings. The highest BCUT2D eigenvalue weighted by atomic mass is 16.2. The standard InChI is InChI=1S/C12H18N2O3/c15-10(12(17)14-8-4-5-9-14)11(16)13-6-2-1-3-7-13/h1-9H2. The summed E-state index contributed by atoms with van der Waals surface area (Å²) in [4.78, 5) is 38.3. The Hall–Kier alpha value is -1.39. The van der Waals surface area contributed by atoms with E-state index in [1.165, 1.54) is 9.80 Å². The van der Waals surface area contributed by atoms with E-state index in [2.05, 4.69) is 0 Å². The van der Waals surface area contributed by atoms with Crippen LogP contribution in [-0.4, -0.2) is 53.6 Å². The van der Waals surface area contributed by atoms with Crippen molar-refractivity contribution < 1.29 is 14.4 Å². The first-order valence-electron chi connectivity index (χ1n) is 6.32. The number of carbonyl (C=O) groups is 3. The van der Waals surface area contributed by atoms with Gasteiger partial charge in [-0.05, 0) is 32.1 Å². The predicted molar refractivity (Wildman–Crippen MR) is 61.3 cm³/mol. The van der Waals surface area contributed by atoms with Gasteiger partial charge in [-0.15, -0.1) is 0 Å². The van der Waals surface area contributed by atoms with Crippen LogP contribution in [0.25, 0.3) is 0 Å². The average Bonchev–Trinajstić information content (AvgIpc) is 2.91. The highest BCUT2D eigenvalue weighted by Crippen LogP contribution is 2.11. The molecule has 2 fully saturated rings. The summed E-state index contributed by atoms with van der Waals surface area (Å²) in [6, 6.07) is 0. The molecule has 0 aromatic heterocycles. The Morgan fingerprint density at radius 3 is 1.35 bits per heavy atom. The van der Waals surface area contributed by atoms with Gasteiger partial charge in [0, 0.05) is 26.2 Å². The zero-order valence-corrected chi connectivity index (χ0v) is 9.98. The van der Waals surface area contributed by atoms with Crippen molar-refractivity contribution in [2.45, 2.75) is 32.1 Å². The van der Waals surface area contributed by atoms with Crippen LogP contribution in [0.15, 0.2) is 0 Å². The Bertz CT molecular complexity index is 329. The van der Waals surface area contributed by atoms with Crippen molar-refractivity contribution in [3.05, 3.63) is 0 Å². The molecule has 0 bridgehead atoms. The second-order valence-corrected chi connectivity index (χ2v) is 4.68. The summed E-state index contributed by atoms with van der Waals surface area (Å²) in [5.74, 6) is -2.08. The average molecular weight is 238 g/mol. The summed E-state index contributed by atoms with van der Waals surface area (Å²) in [5.41, 5.74) is 0. The SMILES string of the molecule is O=C(C(=O)N1CCCCC1)C(=O)N1CCCC1. The number of hydrogen-bond donors (Lipinski definition) is 0. The van der Waals surface area contributed by atoms with Crippen molar-refractivity contribution in [2.75, 3.05) is 26.2 Å². The Balaban J connectivity index is 1.93. The van der Waals surface area contributed by atoms with Crippen molar-refractivity contribution in [3.63, 3.8) is 0 Å². The van der Waals surface area contributed by atoms with Crippen molar-refractivity contribution in [3.8, 4) is 0 Å². The fraction of sp³-hybridized carbons (Fsp3) is 0.750. The molecular weight excluding hydrogens is 220 g/mol. The molecule has 0 saturated carbocycles. The molecule has 0 unspecified atom stereocenters. The fourth-order valence-corrected chi connectivity index (χ4v) is 2.40. The molecule has 2 amide bonds. The molecule has 5 nitrogen and oxygen atoms in total. The van der Waals surface area contributed by atoms with Crippen LogP contribution in [0.3, 0.4) is 0 Å². The molecular formula is C12H18N2O3. The van der Waals surface area contributed by atoms with E-state index in [0.29, 0.717) is 26.2 Å². The van der Waals surface area contributed by atoms with Crippen LogP contribution in [-0.2, 0) is 14.4 Å². The zero-order valence-electron chi connectivity index (χ0n) is 9.98. The third-order valence-electron chi connectivity index (χ3n) is 3.43. The molecule has 0 N–H and O–H groups in total. The summed E-state index contributed by atoms with van der Waals surface area (Å²) >= 11 is 0. The number of piperidine rings is 1. The van der Waals surface area contributed by atoms with E-state index in [-0.39, 0.29) is 0 Å². The third-order valence-corrected chi connectivity index (χ3v) is 3.43. The summed E-state index contributed by atoms with van der Waals surface area (Å²) in [7, 11) is 0. The number of ketones is 1. The minimum absolute atomic E-state index is 0.609. The maximum atomic E-state index is 11.8. The predicted octanol–water partition coefficient (Wildman–Crippen LogP) is 0.190. The molecule has 0 atom stereocenters. The van der Waals surface area contributed by atoms with E-state index in [9.17, 15) is 14.4 Å². The van der Waals surface area contributed by atoms with Gasteiger partial charge in [0.25, 0.3) is 11.8 Å². The van der Waals surface area contributed by atoms with E-state index in [0.717, 1.165) is 32.1 Å². The van der Waals surface area contributed by atoms with Crippen molar-refractivity contribution in [2.24, 2.45) is 0 Å². The van der Waals surface area contributed by atoms with Gasteiger partial charge in [-0.25, -0.2) is 0 Å². The lowest BCUT2D eigenvalue weighted by Gasteiger charge is -2.26. The molecule has 2 aliphatic rings. The van der Waals surface area contributed by atoms with Crippen LogP contribution in [0, 0.1) is 0 Å². The smallest absolute Gasteiger partial charge is 0.307 e. The second-order valence-electron chi connectivity index (χ2n) is 4.68. The summed E-state index contributed by atoms with van der Waals surface area (Å²) < 4.78 is 0. The summed E-state index contributed by atoms with van der Waals surface area (Å²) in [6.45, 7) is 2.44. The molecule has 2 aliphatic heterocycles. The van der Waals surface area contributed by atoms with Crippen LogP contribution in [0.2, 0.25) is 0 Å². The summed E-state index contributed by atoms with van der Waals surface area (Å²) in [5, 5.41) is 0. The molecule has 2 saturated heterocycles. The number of likely N-dealkylation sites (tertiary alicyclic amines) is 2. The minimum atomic E-state index is -0.853. The van der Waals surface area contributed by atoms with Gasteiger partial charge in [0.05, 0.1) is 0 Å². The van der Waals surface area contributed by atoms with E-state index in [1.807, 2.05) is 0 Å². The van der Waals surface area contributed by atoms with Crippen LogP contribution >= 0.6 is 0 Å². The normalized spacial score (nSPS) is 20.5. The highest BCUT2D eigenvalue weighted by molar-refractivity contribution is 6.62. The number of rotatable bonds is 2. The number of Topliss-reactive ketones (excluding diaryl/α,β-unsaturated/α-hetero) is 1. The third kappa shape index (κ3) is 2.65. The van der Waals surface area contributed by atoms with Crippen LogP contribution in [0.5, 0.6) is 0 Å². The lowest BCUT2D eigenvalue weighted by Crippen LogP contribution is -2.46. The van der Waals surface area contributed by atoms with Gasteiger partial charge in [-0.1, -0.05) is 0 Å². The molecule has 2 rings (SSSR count). The fourth-order valence-electron chi connectivity index (χ4n) is 2.40. The molecule has 0 aliphatic carbocycles. The largest absolute Gasteiger partial charge is 0.336 e. The Kier molecular flexibility index (Phi) is 3.76. The Labute approximate surface area is 101 Å². The van der Waals surface area contributed by atoms with Gasteiger partial charge in [-0.3, -0.25) is 14.4 Å². The molecule has 94 valence electrons. The number of carbonyl (C=O) groups excluding carboxylic acids is 3. The van der Waals surface area contributed by atoms with Gasteiger partial charge in [0.2, 0.25) is 0 Å². The topological polar surface area (TPSA) is 57.7 Å². The molecule has 0 aromatic carbocycles. The maximum Gasteiger partial charge on any atom is 0.307 e. The molecule has 5 heteroatoms. The van der Waals surface area contributed by atoms with E-state index < -0.39 is 17.6 Å². The number of amides is 2. The Morgan fingerprint density at radius 2 is 0.941 bits per heavy atom. The molecule has 17 heavy (non-hydrogen) atoms. The Morgan fingerprint density at radius 1 is 0.588 bits per heavy atom. The number of nitrogens with zero attached hydrogens (tertiary/aromatic N) is 2. The lowest BCUT2D eigenvalue weighted by molar-refractivity contribution is -0.153. The van der Waals surface area contributed by atoms with Gasteiger partial charge in [-0.2, -0.15) is 0 Å². The molecule has 0 spiro atoms. The zero-order chi connectivity index (χ0) is 12.3. The van der Waals surface area contributed by atoms with Crippen LogP contribution in [0.4, 0.5) is 0 Å². The summed E-state index contributed by atoms with van der Waals surface area (Å²) in [6.07, 6.45) is 4.81. The first-order valence-corrected chi connectivity index (χ1v) is 6.32. The monoisotopic (exact) mass is 238 g/mol. The van der Waals surface area contributed by atoms with Crippen LogP contribution < -0.4 is 0 Å². The lowest BCUT2D eigenvalue weighted by atomic mass is 10.1. The van der Waals surface area contributed by atoms with Gasteiger partial charge in [0.15, 0.2) is 0 Å². The van der Waals surface area contributed by atoms with E-state index in [4.69, 9.17) is 0 Å². The van der Waals surface area contributed by atoms with Crippen LogP contribution in [0.1, 0.15) is 32.1 Å². The first kappa shape index (κ1) is 12.1. The quantitative estimate of drug-likeness (QED) is 0.510. The number of hydrogen-bond acceptors (Lipinski definition) is 3. The van der Waals surface area contributed by atoms with E-state index in [1.54, 1.807) is 0 Å². The minimum Gasteiger partial charge on any atom is -0.336 e. The van der Waals surface area contributed by atoms with Crippen molar-refractivity contribution >= 4 is 17.6 Å². The van der Waals surface area contributed by atoms with Crippen molar-refractivity contribution in [1.29, 1.82) is 0 Å². The maximum absolute atomic E-state index is 11.8. The first-order chi connectivity index (χ1) is 8.20. The van der Waals surface area contributed by atoms with E-state index >= 15 is 0 Å². The van der Waals surface area contributed by atoms with Gasteiger partial charge >= 0.3 is 5.78 Å². The van der Waals surface area contributed by atoms with Gasteiger partial charge in [0.1, 0.15) is 0 Å². The van der Waals surface area contributed by atoms with Crippen molar-refractivity contribution in [1.82, 2.24) is 9.80 Å². The van der Waals surface area contributed by atoms with Gasteiger partial charge < -0.3 is 9.80 Å². The molecule has 2 heterocycles. The second kappa shape index (κ2) is 5.29. The highest BCUT2D eigenvalue weighted by Gasteiger charge is 2.32. The molecule has 0 radical (unpaired) electrons.